The maximum atomic E-state index is 12.5. The third-order valence-electron chi connectivity index (χ3n) is 5.05. The second kappa shape index (κ2) is 8.78. The Labute approximate surface area is 171 Å². The zero-order chi connectivity index (χ0) is 21.0. The van der Waals surface area contributed by atoms with Crippen LogP contribution in [0.3, 0.4) is 0 Å². The molecule has 29 heavy (non-hydrogen) atoms. The number of hydrogen-bond donors (Lipinski definition) is 2. The van der Waals surface area contributed by atoms with E-state index in [0.717, 1.165) is 23.7 Å². The molecule has 1 saturated heterocycles. The number of fused-ring (bicyclic) bond motifs is 1. The number of hydrogen-bond acceptors (Lipinski definition) is 5. The van der Waals surface area contributed by atoms with Crippen LogP contribution in [0.2, 0.25) is 0 Å². The lowest BCUT2D eigenvalue weighted by molar-refractivity contribution is -0.117. The van der Waals surface area contributed by atoms with Gasteiger partial charge in [0.1, 0.15) is 5.60 Å². The van der Waals surface area contributed by atoms with Crippen molar-refractivity contribution < 1.29 is 14.3 Å². The summed E-state index contributed by atoms with van der Waals surface area (Å²) in [4.78, 5) is 30.7. The first-order valence-corrected chi connectivity index (χ1v) is 10.1. The number of pyridine rings is 1. The molecule has 2 amide bonds. The molecular formula is C22H30N4O3. The molecule has 1 aromatic heterocycles. The number of amides is 2. The van der Waals surface area contributed by atoms with Crippen LogP contribution in [0.25, 0.3) is 10.9 Å². The molecule has 3 N–H and O–H groups in total. The lowest BCUT2D eigenvalue weighted by Crippen LogP contribution is -2.44. The molecule has 2 aromatic rings. The Bertz CT molecular complexity index is 870. The zero-order valence-corrected chi connectivity index (χ0v) is 17.4. The van der Waals surface area contributed by atoms with Gasteiger partial charge in [0.05, 0.1) is 23.4 Å². The summed E-state index contributed by atoms with van der Waals surface area (Å²) in [6.45, 7) is 6.84. The molecule has 156 valence electrons. The van der Waals surface area contributed by atoms with Crippen molar-refractivity contribution >= 4 is 28.6 Å². The average Bonchev–Trinajstić information content (AvgIpc) is 2.67. The highest BCUT2D eigenvalue weighted by molar-refractivity contribution is 5.96. The van der Waals surface area contributed by atoms with Gasteiger partial charge in [-0.05, 0) is 58.1 Å². The first-order valence-electron chi connectivity index (χ1n) is 10.1. The van der Waals surface area contributed by atoms with Gasteiger partial charge in [0.2, 0.25) is 5.91 Å². The van der Waals surface area contributed by atoms with Crippen molar-refractivity contribution in [2.45, 2.75) is 51.7 Å². The molecule has 2 heterocycles. The second-order valence-corrected chi connectivity index (χ2v) is 8.66. The summed E-state index contributed by atoms with van der Waals surface area (Å²) < 4.78 is 5.42. The van der Waals surface area contributed by atoms with Crippen molar-refractivity contribution in [1.29, 1.82) is 0 Å². The van der Waals surface area contributed by atoms with Crippen molar-refractivity contribution in [3.63, 3.8) is 0 Å². The van der Waals surface area contributed by atoms with E-state index in [4.69, 9.17) is 10.5 Å². The number of nitrogens with one attached hydrogen (secondary N) is 1. The first-order chi connectivity index (χ1) is 13.7. The summed E-state index contributed by atoms with van der Waals surface area (Å²) in [6.07, 6.45) is 3.60. The minimum atomic E-state index is -0.598. The van der Waals surface area contributed by atoms with Gasteiger partial charge in [-0.3, -0.25) is 9.78 Å². The van der Waals surface area contributed by atoms with Crippen LogP contribution in [-0.2, 0) is 9.53 Å². The predicted molar refractivity (Wildman–Crippen MR) is 113 cm³/mol. The third kappa shape index (κ3) is 5.90. The number of likely N-dealkylation sites (tertiary alicyclic amines) is 1. The van der Waals surface area contributed by atoms with Crippen molar-refractivity contribution in [2.75, 3.05) is 18.4 Å². The standard InChI is InChI=1S/C22H30N4O3/c1-22(2,3)29-21(28)26-10-8-15(9-11-26)12-18(23)20(27)25-17-13-16-6-4-5-7-19(16)24-14-17/h4-7,13-15,18H,8-12,23H2,1-3H3,(H,25,27)/t18-/m0/s1. The van der Waals surface area contributed by atoms with Crippen LogP contribution in [-0.4, -0.2) is 46.6 Å². The fraction of sp³-hybridized carbons (Fsp3) is 0.500. The van der Waals surface area contributed by atoms with Crippen LogP contribution < -0.4 is 11.1 Å². The Hall–Kier alpha value is -2.67. The molecule has 0 aliphatic carbocycles. The highest BCUT2D eigenvalue weighted by Crippen LogP contribution is 2.24. The zero-order valence-electron chi connectivity index (χ0n) is 17.4. The van der Waals surface area contributed by atoms with Gasteiger partial charge in [-0.1, -0.05) is 18.2 Å². The highest BCUT2D eigenvalue weighted by Gasteiger charge is 2.28. The Morgan fingerprint density at radius 1 is 1.28 bits per heavy atom. The smallest absolute Gasteiger partial charge is 0.410 e. The SMILES string of the molecule is CC(C)(C)OC(=O)N1CCC(C[C@H](N)C(=O)Nc2cnc3ccccc3c2)CC1. The van der Waals surface area contributed by atoms with Gasteiger partial charge in [-0.2, -0.15) is 0 Å². The quantitative estimate of drug-likeness (QED) is 0.821. The van der Waals surface area contributed by atoms with E-state index >= 15 is 0 Å². The molecule has 0 spiro atoms. The number of aromatic nitrogens is 1. The van der Waals surface area contributed by atoms with E-state index in [0.29, 0.717) is 31.1 Å². The molecule has 7 heteroatoms. The average molecular weight is 399 g/mol. The number of carbonyl (C=O) groups excluding carboxylic acids is 2. The molecule has 1 aromatic carbocycles. The summed E-state index contributed by atoms with van der Waals surface area (Å²) in [7, 11) is 0. The van der Waals surface area contributed by atoms with Crippen molar-refractivity contribution in [2.24, 2.45) is 11.7 Å². The van der Waals surface area contributed by atoms with E-state index in [1.54, 1.807) is 11.1 Å². The van der Waals surface area contributed by atoms with E-state index in [1.807, 2.05) is 51.1 Å². The van der Waals surface area contributed by atoms with Gasteiger partial charge in [0.15, 0.2) is 0 Å². The van der Waals surface area contributed by atoms with E-state index in [-0.39, 0.29) is 12.0 Å². The Morgan fingerprint density at radius 2 is 1.97 bits per heavy atom. The Morgan fingerprint density at radius 3 is 2.66 bits per heavy atom. The Balaban J connectivity index is 1.48. The first kappa shape index (κ1) is 21.0. The van der Waals surface area contributed by atoms with E-state index in [1.165, 1.54) is 0 Å². The molecule has 0 bridgehead atoms. The number of benzene rings is 1. The number of rotatable bonds is 4. The molecule has 0 unspecified atom stereocenters. The van der Waals surface area contributed by atoms with Crippen molar-refractivity contribution in [3.8, 4) is 0 Å². The lowest BCUT2D eigenvalue weighted by atomic mass is 9.90. The number of anilines is 1. The van der Waals surface area contributed by atoms with Crippen LogP contribution in [0.4, 0.5) is 10.5 Å². The molecule has 1 atom stereocenters. The molecular weight excluding hydrogens is 368 g/mol. The van der Waals surface area contributed by atoms with Gasteiger partial charge in [-0.15, -0.1) is 0 Å². The number of para-hydroxylation sites is 1. The molecule has 1 fully saturated rings. The molecule has 1 aliphatic heterocycles. The summed E-state index contributed by atoms with van der Waals surface area (Å²) in [6, 6.07) is 9.04. The maximum absolute atomic E-state index is 12.5. The highest BCUT2D eigenvalue weighted by atomic mass is 16.6. The van der Waals surface area contributed by atoms with E-state index < -0.39 is 11.6 Å². The second-order valence-electron chi connectivity index (χ2n) is 8.66. The number of carbonyl (C=O) groups is 2. The number of ether oxygens (including phenoxy) is 1. The van der Waals surface area contributed by atoms with E-state index in [2.05, 4.69) is 10.3 Å². The van der Waals surface area contributed by atoms with E-state index in [9.17, 15) is 9.59 Å². The summed E-state index contributed by atoms with van der Waals surface area (Å²) in [5.41, 5.74) is 7.18. The number of nitrogens with two attached hydrogens (primary N) is 1. The molecule has 0 saturated carbocycles. The van der Waals surface area contributed by atoms with Crippen LogP contribution >= 0.6 is 0 Å². The van der Waals surface area contributed by atoms with Crippen LogP contribution in [0, 0.1) is 5.92 Å². The minimum Gasteiger partial charge on any atom is -0.444 e. The van der Waals surface area contributed by atoms with Crippen LogP contribution in [0.1, 0.15) is 40.0 Å². The third-order valence-corrected chi connectivity index (χ3v) is 5.05. The normalized spacial score (nSPS) is 16.5. The van der Waals surface area contributed by atoms with Crippen LogP contribution in [0.15, 0.2) is 36.5 Å². The summed E-state index contributed by atoms with van der Waals surface area (Å²) in [5.74, 6) is 0.0980. The predicted octanol–water partition coefficient (Wildman–Crippen LogP) is 3.54. The van der Waals surface area contributed by atoms with Crippen LogP contribution in [0.5, 0.6) is 0 Å². The van der Waals surface area contributed by atoms with Crippen molar-refractivity contribution in [1.82, 2.24) is 9.88 Å². The lowest BCUT2D eigenvalue weighted by Gasteiger charge is -2.34. The maximum Gasteiger partial charge on any atom is 0.410 e. The fourth-order valence-electron chi connectivity index (χ4n) is 3.52. The number of nitrogens with zero attached hydrogens (tertiary/aromatic N) is 2. The monoisotopic (exact) mass is 398 g/mol. The van der Waals surface area contributed by atoms with Gasteiger partial charge >= 0.3 is 6.09 Å². The largest absolute Gasteiger partial charge is 0.444 e. The molecule has 0 radical (unpaired) electrons. The molecule has 7 nitrogen and oxygen atoms in total. The Kier molecular flexibility index (Phi) is 6.37. The fourth-order valence-corrected chi connectivity index (χ4v) is 3.52. The molecule has 1 aliphatic rings. The summed E-state index contributed by atoms with van der Waals surface area (Å²) in [5, 5.41) is 3.83. The topological polar surface area (TPSA) is 97.5 Å². The molecule has 3 rings (SSSR count). The van der Waals surface area contributed by atoms with Gasteiger partial charge in [0, 0.05) is 18.5 Å². The van der Waals surface area contributed by atoms with Gasteiger partial charge < -0.3 is 20.7 Å². The summed E-state index contributed by atoms with van der Waals surface area (Å²) >= 11 is 0. The minimum absolute atomic E-state index is 0.211. The van der Waals surface area contributed by atoms with Crippen molar-refractivity contribution in [3.05, 3.63) is 36.5 Å². The van der Waals surface area contributed by atoms with Gasteiger partial charge in [0.25, 0.3) is 0 Å². The number of piperidine rings is 1. The van der Waals surface area contributed by atoms with Gasteiger partial charge in [-0.25, -0.2) is 4.79 Å².